The Bertz CT molecular complexity index is 1870. The first-order valence-electron chi connectivity index (χ1n) is 40.5. The molecule has 0 aliphatic heterocycles. The molecule has 0 spiro atoms. The number of esters is 4. The van der Waals surface area contributed by atoms with Crippen LogP contribution >= 0.6 is 15.6 Å². The van der Waals surface area contributed by atoms with Crippen LogP contribution in [0.3, 0.4) is 0 Å². The second kappa shape index (κ2) is 69.8. The van der Waals surface area contributed by atoms with Crippen LogP contribution in [0.1, 0.15) is 408 Å². The Morgan fingerprint density at radius 2 is 0.526 bits per heavy atom. The third-order valence-electron chi connectivity index (χ3n) is 18.6. The lowest BCUT2D eigenvalue weighted by atomic mass is 10.00. The number of carbonyl (C=O) groups is 4. The molecule has 0 aromatic heterocycles. The van der Waals surface area contributed by atoms with Crippen molar-refractivity contribution in [3.8, 4) is 0 Å². The van der Waals surface area contributed by atoms with Gasteiger partial charge in [0.2, 0.25) is 0 Å². The molecule has 97 heavy (non-hydrogen) atoms. The third kappa shape index (κ3) is 70.9. The zero-order valence-electron chi connectivity index (χ0n) is 63.4. The fourth-order valence-electron chi connectivity index (χ4n) is 12.0. The second-order valence-corrected chi connectivity index (χ2v) is 31.7. The number of aliphatic hydroxyl groups excluding tert-OH is 1. The fourth-order valence-corrected chi connectivity index (χ4v) is 13.6. The highest BCUT2D eigenvalue weighted by molar-refractivity contribution is 7.47. The predicted octanol–water partition coefficient (Wildman–Crippen LogP) is 23.1. The Kier molecular flexibility index (Phi) is 68.4. The number of unbranched alkanes of at least 4 members (excludes halogenated alkanes) is 46. The number of ether oxygens (including phenoxy) is 4. The molecule has 3 unspecified atom stereocenters. The number of hydrogen-bond acceptors (Lipinski definition) is 15. The second-order valence-electron chi connectivity index (χ2n) is 28.8. The summed E-state index contributed by atoms with van der Waals surface area (Å²) in [6.45, 7) is 9.58. The van der Waals surface area contributed by atoms with Gasteiger partial charge in [0.25, 0.3) is 0 Å². The van der Waals surface area contributed by atoms with Crippen LogP contribution in [0.15, 0.2) is 0 Å². The highest BCUT2D eigenvalue weighted by atomic mass is 31.2. The molecule has 0 bridgehead atoms. The summed E-state index contributed by atoms with van der Waals surface area (Å²) in [5.41, 5.74) is 0. The van der Waals surface area contributed by atoms with Gasteiger partial charge in [-0.2, -0.15) is 0 Å². The van der Waals surface area contributed by atoms with Crippen LogP contribution in [0.4, 0.5) is 0 Å². The summed E-state index contributed by atoms with van der Waals surface area (Å²) in [4.78, 5) is 72.9. The number of carbonyl (C=O) groups excluding carboxylic acids is 4. The van der Waals surface area contributed by atoms with Gasteiger partial charge in [0.15, 0.2) is 12.2 Å². The van der Waals surface area contributed by atoms with Gasteiger partial charge in [-0.05, 0) is 37.5 Å². The van der Waals surface area contributed by atoms with Gasteiger partial charge in [-0.15, -0.1) is 0 Å². The number of phosphoric ester groups is 2. The highest BCUT2D eigenvalue weighted by Crippen LogP contribution is 2.45. The van der Waals surface area contributed by atoms with E-state index < -0.39 is 97.5 Å². The molecule has 6 atom stereocenters. The standard InChI is InChI=1S/C78H152O17P2/c1-7-10-12-14-16-18-20-22-24-25-26-28-30-34-38-42-50-56-62-77(82)94-73(66-88-75(80)60-54-48-41-37-33-29-27-23-21-19-17-15-13-11-8-2)68-92-96(84,85)90-64-72(79)65-91-97(86,87)93-69-74(67-89-76(81)61-55-49-45-44-47-53-59-71(6)9-3)95-78(83)63-57-51-43-39-35-31-32-36-40-46-52-58-70(4)5/h70-74,79H,7-69H2,1-6H3,(H,84,85)(H,86,87)/t71?,72-,73-,74-/m1/s1. The smallest absolute Gasteiger partial charge is 0.462 e. The first kappa shape index (κ1) is 95.1. The van der Waals surface area contributed by atoms with Gasteiger partial charge in [-0.3, -0.25) is 37.3 Å². The molecule has 0 amide bonds. The molecule has 0 heterocycles. The molecular weight excluding hydrogens is 1270 g/mol. The van der Waals surface area contributed by atoms with Crippen molar-refractivity contribution in [1.82, 2.24) is 0 Å². The summed E-state index contributed by atoms with van der Waals surface area (Å²) in [5.74, 6) is -0.617. The van der Waals surface area contributed by atoms with Gasteiger partial charge >= 0.3 is 39.5 Å². The maximum Gasteiger partial charge on any atom is 0.472 e. The summed E-state index contributed by atoms with van der Waals surface area (Å²) < 4.78 is 68.6. The van der Waals surface area contributed by atoms with E-state index in [1.54, 1.807) is 0 Å². The molecule has 0 aliphatic rings. The minimum atomic E-state index is -4.96. The lowest BCUT2D eigenvalue weighted by Crippen LogP contribution is -2.30. The zero-order valence-corrected chi connectivity index (χ0v) is 65.2. The molecule has 0 rings (SSSR count). The van der Waals surface area contributed by atoms with Crippen molar-refractivity contribution >= 4 is 39.5 Å². The minimum Gasteiger partial charge on any atom is -0.462 e. The predicted molar refractivity (Wildman–Crippen MR) is 395 cm³/mol. The van der Waals surface area contributed by atoms with Gasteiger partial charge in [0.05, 0.1) is 26.4 Å². The van der Waals surface area contributed by atoms with E-state index in [2.05, 4.69) is 41.5 Å². The third-order valence-corrected chi connectivity index (χ3v) is 20.5. The van der Waals surface area contributed by atoms with Gasteiger partial charge in [-0.25, -0.2) is 9.13 Å². The zero-order chi connectivity index (χ0) is 71.4. The van der Waals surface area contributed by atoms with E-state index in [9.17, 15) is 43.2 Å². The number of aliphatic hydroxyl groups is 1. The van der Waals surface area contributed by atoms with Crippen molar-refractivity contribution in [1.29, 1.82) is 0 Å². The van der Waals surface area contributed by atoms with Crippen LogP contribution in [-0.2, 0) is 65.4 Å². The van der Waals surface area contributed by atoms with Crippen molar-refractivity contribution < 1.29 is 80.2 Å². The van der Waals surface area contributed by atoms with E-state index in [1.165, 1.54) is 218 Å². The molecule has 0 aliphatic carbocycles. The Morgan fingerprint density at radius 3 is 0.784 bits per heavy atom. The number of phosphoric acid groups is 2. The molecule has 3 N–H and O–H groups in total. The number of rotatable bonds is 77. The molecule has 0 aromatic rings. The molecule has 0 fully saturated rings. The Labute approximate surface area is 594 Å². The van der Waals surface area contributed by atoms with Crippen LogP contribution in [0, 0.1) is 11.8 Å². The topological polar surface area (TPSA) is 237 Å². The maximum atomic E-state index is 13.1. The van der Waals surface area contributed by atoms with Gasteiger partial charge in [-0.1, -0.05) is 356 Å². The molecule has 0 saturated heterocycles. The molecule has 17 nitrogen and oxygen atoms in total. The van der Waals surface area contributed by atoms with Crippen LogP contribution < -0.4 is 0 Å². The SMILES string of the molecule is CCCCCCCCCCCCCCCCCCCCC(=O)O[C@H](COC(=O)CCCCCCCCCCCCCCCCC)COP(=O)(O)OC[C@@H](O)COP(=O)(O)OC[C@@H](COC(=O)CCCCCCCCC(C)CC)OC(=O)CCCCCCCCCCCCCC(C)C. The van der Waals surface area contributed by atoms with Crippen molar-refractivity contribution in [2.75, 3.05) is 39.6 Å². The van der Waals surface area contributed by atoms with Crippen molar-refractivity contribution in [3.63, 3.8) is 0 Å². The largest absolute Gasteiger partial charge is 0.472 e. The van der Waals surface area contributed by atoms with Gasteiger partial charge in [0.1, 0.15) is 19.3 Å². The van der Waals surface area contributed by atoms with Crippen molar-refractivity contribution in [2.24, 2.45) is 11.8 Å². The van der Waals surface area contributed by atoms with Crippen LogP contribution in [0.5, 0.6) is 0 Å². The Balaban J connectivity index is 5.25. The summed E-state index contributed by atoms with van der Waals surface area (Å²) in [6.07, 6.45) is 58.2. The number of hydrogen-bond donors (Lipinski definition) is 3. The van der Waals surface area contributed by atoms with Crippen LogP contribution in [0.2, 0.25) is 0 Å². The average Bonchev–Trinajstić information content (AvgIpc) is 1.19. The van der Waals surface area contributed by atoms with E-state index in [0.29, 0.717) is 25.7 Å². The molecule has 0 saturated carbocycles. The lowest BCUT2D eigenvalue weighted by molar-refractivity contribution is -0.161. The summed E-state index contributed by atoms with van der Waals surface area (Å²) in [5, 5.41) is 10.6. The van der Waals surface area contributed by atoms with Crippen molar-refractivity contribution in [2.45, 2.75) is 426 Å². The van der Waals surface area contributed by atoms with E-state index >= 15 is 0 Å². The molecule has 0 radical (unpaired) electrons. The molecular formula is C78H152O17P2. The monoisotopic (exact) mass is 1420 g/mol. The summed E-state index contributed by atoms with van der Waals surface area (Å²) >= 11 is 0. The van der Waals surface area contributed by atoms with Crippen molar-refractivity contribution in [3.05, 3.63) is 0 Å². The highest BCUT2D eigenvalue weighted by Gasteiger charge is 2.30. The average molecular weight is 1420 g/mol. The van der Waals surface area contributed by atoms with E-state index in [0.717, 1.165) is 108 Å². The van der Waals surface area contributed by atoms with Crippen LogP contribution in [-0.4, -0.2) is 96.7 Å². The fraction of sp³-hybridized carbons (Fsp3) is 0.949. The molecule has 576 valence electrons. The first-order valence-corrected chi connectivity index (χ1v) is 43.5. The van der Waals surface area contributed by atoms with E-state index in [-0.39, 0.29) is 25.7 Å². The molecule has 0 aromatic carbocycles. The van der Waals surface area contributed by atoms with E-state index in [1.807, 2.05) is 0 Å². The first-order chi connectivity index (χ1) is 46.9. The van der Waals surface area contributed by atoms with Gasteiger partial charge in [0, 0.05) is 25.7 Å². The maximum absolute atomic E-state index is 13.1. The quantitative estimate of drug-likeness (QED) is 0.0222. The Morgan fingerprint density at radius 1 is 0.299 bits per heavy atom. The van der Waals surface area contributed by atoms with Crippen LogP contribution in [0.25, 0.3) is 0 Å². The summed E-state index contributed by atoms with van der Waals surface area (Å²) in [7, 11) is -9.92. The minimum absolute atomic E-state index is 0.106. The van der Waals surface area contributed by atoms with E-state index in [4.69, 9.17) is 37.0 Å². The molecule has 19 heteroatoms. The normalized spacial score (nSPS) is 14.2. The van der Waals surface area contributed by atoms with Gasteiger partial charge < -0.3 is 33.8 Å². The summed E-state index contributed by atoms with van der Waals surface area (Å²) in [6, 6.07) is 0. The lowest BCUT2D eigenvalue weighted by Gasteiger charge is -2.21. The Hall–Kier alpha value is -1.94.